The van der Waals surface area contributed by atoms with Crippen LogP contribution in [-0.2, 0) is 6.54 Å². The predicted octanol–water partition coefficient (Wildman–Crippen LogP) is 1.90. The van der Waals surface area contributed by atoms with Gasteiger partial charge in [0.15, 0.2) is 5.58 Å². The van der Waals surface area contributed by atoms with Crippen LogP contribution in [0.2, 0.25) is 0 Å². The zero-order chi connectivity index (χ0) is 15.5. The zero-order valence-electron chi connectivity index (χ0n) is 13.1. The molecule has 0 amide bonds. The van der Waals surface area contributed by atoms with E-state index in [9.17, 15) is 4.79 Å². The van der Waals surface area contributed by atoms with Crippen molar-refractivity contribution in [1.82, 2.24) is 9.47 Å². The molecule has 5 heteroatoms. The zero-order valence-corrected chi connectivity index (χ0v) is 13.1. The maximum Gasteiger partial charge on any atom is 0.419 e. The van der Waals surface area contributed by atoms with E-state index in [0.29, 0.717) is 18.7 Å². The largest absolute Gasteiger partial charge is 0.419 e. The van der Waals surface area contributed by atoms with Gasteiger partial charge in [0.25, 0.3) is 0 Å². The van der Waals surface area contributed by atoms with Gasteiger partial charge in [0.1, 0.15) is 0 Å². The van der Waals surface area contributed by atoms with Gasteiger partial charge in [-0.2, -0.15) is 0 Å². The molecule has 1 aromatic carbocycles. The average molecular weight is 291 g/mol. The summed E-state index contributed by atoms with van der Waals surface area (Å²) in [5, 5.41) is 0. The van der Waals surface area contributed by atoms with Gasteiger partial charge in [-0.15, -0.1) is 0 Å². The van der Waals surface area contributed by atoms with Crippen LogP contribution in [0.5, 0.6) is 0 Å². The van der Waals surface area contributed by atoms with Crippen molar-refractivity contribution in [3.05, 3.63) is 34.8 Å². The van der Waals surface area contributed by atoms with Crippen LogP contribution in [0.4, 0.5) is 0 Å². The molecule has 0 bridgehead atoms. The standard InChI is InChI=1S/C16H25N3O2/c1-4-18(12-16(2,3)11-17)9-10-19-13-7-5-6-8-14(13)21-15(19)20/h5-8H,4,9-12,17H2,1-3H3. The molecule has 0 atom stereocenters. The van der Waals surface area contributed by atoms with E-state index in [4.69, 9.17) is 10.2 Å². The first kappa shape index (κ1) is 15.8. The molecule has 0 fully saturated rings. The van der Waals surface area contributed by atoms with Crippen molar-refractivity contribution in [2.45, 2.75) is 27.3 Å². The number of aromatic nitrogens is 1. The van der Waals surface area contributed by atoms with Gasteiger partial charge in [-0.3, -0.25) is 4.57 Å². The van der Waals surface area contributed by atoms with Crippen LogP contribution >= 0.6 is 0 Å². The number of fused-ring (bicyclic) bond motifs is 1. The third-order valence-electron chi connectivity index (χ3n) is 3.86. The summed E-state index contributed by atoms with van der Waals surface area (Å²) in [5.74, 6) is -0.287. The molecule has 2 rings (SSSR count). The molecule has 0 aliphatic rings. The van der Waals surface area contributed by atoms with Crippen molar-refractivity contribution < 1.29 is 4.42 Å². The van der Waals surface area contributed by atoms with Crippen molar-refractivity contribution in [2.24, 2.45) is 11.1 Å². The van der Waals surface area contributed by atoms with E-state index in [2.05, 4.69) is 25.7 Å². The molecule has 0 spiro atoms. The lowest BCUT2D eigenvalue weighted by Gasteiger charge is -2.31. The smallest absolute Gasteiger partial charge is 0.408 e. The Labute approximate surface area is 125 Å². The first-order valence-electron chi connectivity index (χ1n) is 7.47. The summed E-state index contributed by atoms with van der Waals surface area (Å²) in [6.07, 6.45) is 0. The second-order valence-electron chi connectivity index (χ2n) is 6.22. The Bertz CT molecular complexity index is 642. The second kappa shape index (κ2) is 6.45. The highest BCUT2D eigenvalue weighted by Gasteiger charge is 2.19. The summed E-state index contributed by atoms with van der Waals surface area (Å²) in [7, 11) is 0. The number of hydrogen-bond acceptors (Lipinski definition) is 4. The van der Waals surface area contributed by atoms with Crippen LogP contribution in [0.25, 0.3) is 11.1 Å². The number of rotatable bonds is 7. The van der Waals surface area contributed by atoms with Gasteiger partial charge in [0.05, 0.1) is 5.52 Å². The predicted molar refractivity (Wildman–Crippen MR) is 85.4 cm³/mol. The first-order chi connectivity index (χ1) is 9.96. The Balaban J connectivity index is 2.10. The molecule has 0 radical (unpaired) electrons. The van der Waals surface area contributed by atoms with Crippen LogP contribution in [0, 0.1) is 5.41 Å². The molecule has 1 aromatic heterocycles. The molecule has 116 valence electrons. The van der Waals surface area contributed by atoms with Gasteiger partial charge in [-0.25, -0.2) is 4.79 Å². The summed E-state index contributed by atoms with van der Waals surface area (Å²) < 4.78 is 6.96. The summed E-state index contributed by atoms with van der Waals surface area (Å²) >= 11 is 0. The number of hydrogen-bond donors (Lipinski definition) is 1. The Morgan fingerprint density at radius 1 is 1.33 bits per heavy atom. The summed E-state index contributed by atoms with van der Waals surface area (Å²) in [4.78, 5) is 14.3. The summed E-state index contributed by atoms with van der Waals surface area (Å²) in [6.45, 7) is 10.4. The van der Waals surface area contributed by atoms with E-state index in [1.54, 1.807) is 4.57 Å². The number of nitrogens with zero attached hydrogens (tertiary/aromatic N) is 2. The maximum absolute atomic E-state index is 11.9. The van der Waals surface area contributed by atoms with Crippen molar-refractivity contribution >= 4 is 11.1 Å². The van der Waals surface area contributed by atoms with E-state index in [-0.39, 0.29) is 11.2 Å². The molecular formula is C16H25N3O2. The molecule has 0 aliphatic heterocycles. The lowest BCUT2D eigenvalue weighted by Crippen LogP contribution is -2.40. The molecule has 2 aromatic rings. The number of nitrogens with two attached hydrogens (primary N) is 1. The summed E-state index contributed by atoms with van der Waals surface area (Å²) in [5.41, 5.74) is 7.39. The van der Waals surface area contributed by atoms with Crippen LogP contribution in [0.3, 0.4) is 0 Å². The van der Waals surface area contributed by atoms with Crippen LogP contribution in [0.15, 0.2) is 33.5 Å². The van der Waals surface area contributed by atoms with Crippen LogP contribution in [0.1, 0.15) is 20.8 Å². The topological polar surface area (TPSA) is 64.4 Å². The Hall–Kier alpha value is -1.59. The maximum atomic E-state index is 11.9. The van der Waals surface area contributed by atoms with Crippen LogP contribution in [-0.4, -0.2) is 35.6 Å². The van der Waals surface area contributed by atoms with Crippen molar-refractivity contribution in [3.8, 4) is 0 Å². The Morgan fingerprint density at radius 3 is 2.71 bits per heavy atom. The fraction of sp³-hybridized carbons (Fsp3) is 0.562. The third-order valence-corrected chi connectivity index (χ3v) is 3.86. The van der Waals surface area contributed by atoms with E-state index in [0.717, 1.165) is 25.2 Å². The number of likely N-dealkylation sites (N-methyl/N-ethyl adjacent to an activating group) is 1. The third kappa shape index (κ3) is 3.74. The molecule has 2 N–H and O–H groups in total. The fourth-order valence-electron chi connectivity index (χ4n) is 2.49. The Morgan fingerprint density at radius 2 is 2.05 bits per heavy atom. The van der Waals surface area contributed by atoms with Crippen molar-refractivity contribution in [1.29, 1.82) is 0 Å². The SMILES string of the molecule is CCN(CCn1c(=O)oc2ccccc21)CC(C)(C)CN. The van der Waals surface area contributed by atoms with Gasteiger partial charge in [-0.1, -0.05) is 32.9 Å². The molecule has 0 saturated carbocycles. The molecule has 0 saturated heterocycles. The van der Waals surface area contributed by atoms with E-state index < -0.39 is 0 Å². The molecule has 0 aliphatic carbocycles. The van der Waals surface area contributed by atoms with Crippen LogP contribution < -0.4 is 11.5 Å². The van der Waals surface area contributed by atoms with Gasteiger partial charge in [0.2, 0.25) is 0 Å². The van der Waals surface area contributed by atoms with Gasteiger partial charge < -0.3 is 15.1 Å². The highest BCUT2D eigenvalue weighted by Crippen LogP contribution is 2.15. The molecular weight excluding hydrogens is 266 g/mol. The monoisotopic (exact) mass is 291 g/mol. The molecule has 5 nitrogen and oxygen atoms in total. The normalized spacial score (nSPS) is 12.4. The van der Waals surface area contributed by atoms with Crippen molar-refractivity contribution in [2.75, 3.05) is 26.2 Å². The number of para-hydroxylation sites is 2. The lowest BCUT2D eigenvalue weighted by molar-refractivity contribution is 0.184. The minimum absolute atomic E-state index is 0.0828. The van der Waals surface area contributed by atoms with Gasteiger partial charge >= 0.3 is 5.76 Å². The minimum atomic E-state index is -0.287. The molecule has 21 heavy (non-hydrogen) atoms. The van der Waals surface area contributed by atoms with E-state index in [1.807, 2.05) is 24.3 Å². The number of benzene rings is 1. The number of oxazole rings is 1. The fourth-order valence-corrected chi connectivity index (χ4v) is 2.49. The lowest BCUT2D eigenvalue weighted by atomic mass is 9.93. The van der Waals surface area contributed by atoms with E-state index >= 15 is 0 Å². The van der Waals surface area contributed by atoms with E-state index in [1.165, 1.54) is 0 Å². The molecule has 1 heterocycles. The minimum Gasteiger partial charge on any atom is -0.408 e. The highest BCUT2D eigenvalue weighted by molar-refractivity contribution is 5.72. The van der Waals surface area contributed by atoms with Gasteiger partial charge in [-0.05, 0) is 30.6 Å². The quantitative estimate of drug-likeness (QED) is 0.846. The highest BCUT2D eigenvalue weighted by atomic mass is 16.4. The molecule has 0 unspecified atom stereocenters. The first-order valence-corrected chi connectivity index (χ1v) is 7.47. The summed E-state index contributed by atoms with van der Waals surface area (Å²) in [6, 6.07) is 7.53. The van der Waals surface area contributed by atoms with Crippen molar-refractivity contribution in [3.63, 3.8) is 0 Å². The van der Waals surface area contributed by atoms with Gasteiger partial charge in [0, 0.05) is 19.6 Å². The average Bonchev–Trinajstić information content (AvgIpc) is 2.79. The second-order valence-corrected chi connectivity index (χ2v) is 6.22. The Kier molecular flexibility index (Phi) is 4.85.